The SMILES string of the molecule is C/C(=C\c1cnccc1N)C(=O)O. The molecule has 0 bridgehead atoms. The lowest BCUT2D eigenvalue weighted by atomic mass is 10.1. The molecule has 13 heavy (non-hydrogen) atoms. The van der Waals surface area contributed by atoms with Gasteiger partial charge in [0.05, 0.1) is 0 Å². The van der Waals surface area contributed by atoms with Crippen LogP contribution in [0.4, 0.5) is 5.69 Å². The lowest BCUT2D eigenvalue weighted by Crippen LogP contribution is -1.97. The highest BCUT2D eigenvalue weighted by atomic mass is 16.4. The summed E-state index contributed by atoms with van der Waals surface area (Å²) >= 11 is 0. The number of hydrogen-bond donors (Lipinski definition) is 2. The third-order valence-electron chi connectivity index (χ3n) is 1.60. The van der Waals surface area contributed by atoms with Crippen LogP contribution in [0, 0.1) is 0 Å². The zero-order valence-electron chi connectivity index (χ0n) is 7.19. The molecule has 0 aromatic carbocycles. The van der Waals surface area contributed by atoms with Crippen molar-refractivity contribution < 1.29 is 9.90 Å². The normalized spacial score (nSPS) is 11.3. The minimum Gasteiger partial charge on any atom is -0.478 e. The van der Waals surface area contributed by atoms with Crippen LogP contribution in [-0.4, -0.2) is 16.1 Å². The largest absolute Gasteiger partial charge is 0.478 e. The molecule has 1 aromatic heterocycles. The van der Waals surface area contributed by atoms with Crippen LogP contribution in [-0.2, 0) is 4.79 Å². The third kappa shape index (κ3) is 2.30. The number of nitrogens with two attached hydrogens (primary N) is 1. The van der Waals surface area contributed by atoms with Crippen molar-refractivity contribution in [3.05, 3.63) is 29.6 Å². The van der Waals surface area contributed by atoms with E-state index in [0.29, 0.717) is 11.3 Å². The van der Waals surface area contributed by atoms with Crippen LogP contribution in [0.15, 0.2) is 24.0 Å². The number of carbonyl (C=O) groups is 1. The molecular weight excluding hydrogens is 168 g/mol. The van der Waals surface area contributed by atoms with E-state index in [-0.39, 0.29) is 5.57 Å². The van der Waals surface area contributed by atoms with Crippen molar-refractivity contribution in [2.24, 2.45) is 0 Å². The van der Waals surface area contributed by atoms with Crippen molar-refractivity contribution in [3.63, 3.8) is 0 Å². The molecule has 0 radical (unpaired) electrons. The third-order valence-corrected chi connectivity index (χ3v) is 1.60. The molecule has 0 saturated carbocycles. The summed E-state index contributed by atoms with van der Waals surface area (Å²) in [6.45, 7) is 1.51. The Hall–Kier alpha value is -1.84. The number of nitrogen functional groups attached to an aromatic ring is 1. The van der Waals surface area contributed by atoms with Crippen LogP contribution < -0.4 is 5.73 Å². The van der Waals surface area contributed by atoms with E-state index >= 15 is 0 Å². The molecule has 0 atom stereocenters. The van der Waals surface area contributed by atoms with Gasteiger partial charge in [0.15, 0.2) is 0 Å². The second kappa shape index (κ2) is 3.71. The maximum Gasteiger partial charge on any atom is 0.331 e. The van der Waals surface area contributed by atoms with Crippen LogP contribution in [0.25, 0.3) is 6.08 Å². The summed E-state index contributed by atoms with van der Waals surface area (Å²) in [6, 6.07) is 1.63. The van der Waals surface area contributed by atoms with E-state index < -0.39 is 5.97 Å². The molecule has 1 heterocycles. The van der Waals surface area contributed by atoms with Gasteiger partial charge in [-0.3, -0.25) is 4.98 Å². The zero-order valence-corrected chi connectivity index (χ0v) is 7.19. The highest BCUT2D eigenvalue weighted by Crippen LogP contribution is 2.12. The number of aliphatic carboxylic acids is 1. The molecule has 0 saturated heterocycles. The van der Waals surface area contributed by atoms with Gasteiger partial charge in [0.25, 0.3) is 0 Å². The van der Waals surface area contributed by atoms with E-state index in [1.807, 2.05) is 0 Å². The minimum atomic E-state index is -0.955. The van der Waals surface area contributed by atoms with E-state index in [9.17, 15) is 4.79 Å². The molecule has 0 amide bonds. The Morgan fingerprint density at radius 1 is 1.69 bits per heavy atom. The Balaban J connectivity index is 3.04. The standard InChI is InChI=1S/C9H10N2O2/c1-6(9(12)13)4-7-5-11-3-2-8(7)10/h2-5H,1H3,(H2,10,11)(H,12,13)/b6-4+. The maximum absolute atomic E-state index is 10.5. The highest BCUT2D eigenvalue weighted by Gasteiger charge is 2.01. The second-order valence-corrected chi connectivity index (χ2v) is 2.64. The Bertz CT molecular complexity index is 358. The highest BCUT2D eigenvalue weighted by molar-refractivity contribution is 5.92. The number of anilines is 1. The summed E-state index contributed by atoms with van der Waals surface area (Å²) < 4.78 is 0. The van der Waals surface area contributed by atoms with Crippen LogP contribution in [0.1, 0.15) is 12.5 Å². The Morgan fingerprint density at radius 3 is 2.92 bits per heavy atom. The number of rotatable bonds is 2. The predicted molar refractivity (Wildman–Crippen MR) is 49.9 cm³/mol. The van der Waals surface area contributed by atoms with Gasteiger partial charge in [-0.25, -0.2) is 4.79 Å². The summed E-state index contributed by atoms with van der Waals surface area (Å²) in [5.41, 5.74) is 6.98. The van der Waals surface area contributed by atoms with E-state index in [2.05, 4.69) is 4.98 Å². The number of carboxylic acid groups (broad SMARTS) is 1. The summed E-state index contributed by atoms with van der Waals surface area (Å²) in [7, 11) is 0. The molecule has 0 fully saturated rings. The molecule has 0 aliphatic carbocycles. The molecule has 68 valence electrons. The first-order chi connectivity index (χ1) is 6.11. The van der Waals surface area contributed by atoms with Crippen molar-refractivity contribution in [2.45, 2.75) is 6.92 Å². The van der Waals surface area contributed by atoms with Gasteiger partial charge in [-0.2, -0.15) is 0 Å². The summed E-state index contributed by atoms with van der Waals surface area (Å²) in [6.07, 6.45) is 4.58. The second-order valence-electron chi connectivity index (χ2n) is 2.64. The predicted octanol–water partition coefficient (Wildman–Crippen LogP) is 1.15. The van der Waals surface area contributed by atoms with Gasteiger partial charge in [0, 0.05) is 29.2 Å². The minimum absolute atomic E-state index is 0.236. The lowest BCUT2D eigenvalue weighted by molar-refractivity contribution is -0.132. The fourth-order valence-electron chi connectivity index (χ4n) is 0.833. The fraction of sp³-hybridized carbons (Fsp3) is 0.111. The number of nitrogens with zero attached hydrogens (tertiary/aromatic N) is 1. The molecule has 1 rings (SSSR count). The average molecular weight is 178 g/mol. The first kappa shape index (κ1) is 9.25. The van der Waals surface area contributed by atoms with Gasteiger partial charge in [0.2, 0.25) is 0 Å². The van der Waals surface area contributed by atoms with E-state index in [4.69, 9.17) is 10.8 Å². The molecule has 0 aliphatic heterocycles. The lowest BCUT2D eigenvalue weighted by Gasteiger charge is -1.98. The smallest absolute Gasteiger partial charge is 0.331 e. The monoisotopic (exact) mass is 178 g/mol. The topological polar surface area (TPSA) is 76.2 Å². The number of pyridine rings is 1. The van der Waals surface area contributed by atoms with Crippen molar-refractivity contribution in [3.8, 4) is 0 Å². The molecule has 0 spiro atoms. The van der Waals surface area contributed by atoms with Crippen LogP contribution in [0.5, 0.6) is 0 Å². The van der Waals surface area contributed by atoms with E-state index in [0.717, 1.165) is 0 Å². The van der Waals surface area contributed by atoms with E-state index in [1.54, 1.807) is 12.3 Å². The Morgan fingerprint density at radius 2 is 2.38 bits per heavy atom. The van der Waals surface area contributed by atoms with Gasteiger partial charge in [-0.15, -0.1) is 0 Å². The van der Waals surface area contributed by atoms with Gasteiger partial charge in [0.1, 0.15) is 0 Å². The summed E-state index contributed by atoms with van der Waals surface area (Å²) in [4.78, 5) is 14.3. The molecule has 0 unspecified atom stereocenters. The Labute approximate surface area is 75.7 Å². The molecular formula is C9H10N2O2. The van der Waals surface area contributed by atoms with Crippen LogP contribution >= 0.6 is 0 Å². The average Bonchev–Trinajstić information content (AvgIpc) is 2.08. The molecule has 0 aliphatic rings. The maximum atomic E-state index is 10.5. The molecule has 3 N–H and O–H groups in total. The Kier molecular flexibility index (Phi) is 2.64. The first-order valence-corrected chi connectivity index (χ1v) is 3.72. The number of hydrogen-bond acceptors (Lipinski definition) is 3. The summed E-state index contributed by atoms with van der Waals surface area (Å²) in [5.74, 6) is -0.955. The zero-order chi connectivity index (χ0) is 9.84. The van der Waals surface area contributed by atoms with Gasteiger partial charge < -0.3 is 10.8 Å². The van der Waals surface area contributed by atoms with Crippen molar-refractivity contribution in [1.29, 1.82) is 0 Å². The number of aromatic nitrogens is 1. The van der Waals surface area contributed by atoms with E-state index in [1.165, 1.54) is 19.2 Å². The van der Waals surface area contributed by atoms with Gasteiger partial charge >= 0.3 is 5.97 Å². The fourth-order valence-corrected chi connectivity index (χ4v) is 0.833. The van der Waals surface area contributed by atoms with Gasteiger partial charge in [-0.05, 0) is 19.1 Å². The molecule has 4 heteroatoms. The summed E-state index contributed by atoms with van der Waals surface area (Å²) in [5, 5.41) is 8.60. The van der Waals surface area contributed by atoms with Crippen LogP contribution in [0.2, 0.25) is 0 Å². The van der Waals surface area contributed by atoms with Crippen LogP contribution in [0.3, 0.4) is 0 Å². The quantitative estimate of drug-likeness (QED) is 0.666. The number of carboxylic acids is 1. The van der Waals surface area contributed by atoms with Crippen molar-refractivity contribution in [2.75, 3.05) is 5.73 Å². The first-order valence-electron chi connectivity index (χ1n) is 3.72. The van der Waals surface area contributed by atoms with Crippen molar-refractivity contribution >= 4 is 17.7 Å². The van der Waals surface area contributed by atoms with Gasteiger partial charge in [-0.1, -0.05) is 0 Å². The molecule has 4 nitrogen and oxygen atoms in total. The van der Waals surface area contributed by atoms with Crippen molar-refractivity contribution in [1.82, 2.24) is 4.98 Å². The molecule has 1 aromatic rings.